The van der Waals surface area contributed by atoms with E-state index in [0.29, 0.717) is 11.8 Å². The highest BCUT2D eigenvalue weighted by atomic mass is 32.2. The minimum Gasteiger partial charge on any atom is -0.465 e. The van der Waals surface area contributed by atoms with Crippen molar-refractivity contribution in [3.63, 3.8) is 0 Å². The van der Waals surface area contributed by atoms with Crippen LogP contribution in [0, 0.1) is 0 Å². The highest BCUT2D eigenvalue weighted by molar-refractivity contribution is 8.01. The van der Waals surface area contributed by atoms with E-state index in [4.69, 9.17) is 0 Å². The lowest BCUT2D eigenvalue weighted by Gasteiger charge is -2.12. The Morgan fingerprint density at radius 1 is 1.48 bits per heavy atom. The van der Waals surface area contributed by atoms with Gasteiger partial charge in [0.25, 0.3) is 5.56 Å². The summed E-state index contributed by atoms with van der Waals surface area (Å²) < 4.78 is 42.3. The first-order chi connectivity index (χ1) is 9.65. The van der Waals surface area contributed by atoms with Crippen LogP contribution in [-0.2, 0) is 20.5 Å². The number of esters is 1. The molecule has 0 saturated carbocycles. The molecular formula is C11H11F3N2O4S. The number of ether oxygens (including phenoxy) is 1. The Morgan fingerprint density at radius 2 is 2.10 bits per heavy atom. The molecule has 0 radical (unpaired) electrons. The van der Waals surface area contributed by atoms with E-state index in [9.17, 15) is 27.6 Å². The van der Waals surface area contributed by atoms with Crippen molar-refractivity contribution in [3.05, 3.63) is 22.1 Å². The summed E-state index contributed by atoms with van der Waals surface area (Å²) in [4.78, 5) is 39.3. The first-order valence-electron chi connectivity index (χ1n) is 5.67. The number of aromatic amines is 1. The van der Waals surface area contributed by atoms with E-state index in [1.165, 1.54) is 6.92 Å². The van der Waals surface area contributed by atoms with Crippen molar-refractivity contribution >= 4 is 23.5 Å². The van der Waals surface area contributed by atoms with Crippen LogP contribution >= 0.6 is 11.8 Å². The molecule has 1 N–H and O–H groups in total. The van der Waals surface area contributed by atoms with E-state index in [-0.39, 0.29) is 12.7 Å². The minimum atomic E-state index is -4.81. The van der Waals surface area contributed by atoms with Gasteiger partial charge in [0.05, 0.1) is 6.61 Å². The Kier molecular flexibility index (Phi) is 5.53. The third kappa shape index (κ3) is 4.88. The second kappa shape index (κ2) is 6.74. The van der Waals surface area contributed by atoms with Gasteiger partial charge in [-0.05, 0) is 13.8 Å². The van der Waals surface area contributed by atoms with Crippen LogP contribution in [0.25, 0.3) is 0 Å². The van der Waals surface area contributed by atoms with Gasteiger partial charge in [-0.15, -0.1) is 0 Å². The predicted octanol–water partition coefficient (Wildman–Crippen LogP) is 1.40. The summed E-state index contributed by atoms with van der Waals surface area (Å²) in [5, 5.41) is -1.88. The van der Waals surface area contributed by atoms with Gasteiger partial charge in [-0.2, -0.15) is 13.2 Å². The van der Waals surface area contributed by atoms with Gasteiger partial charge < -0.3 is 9.72 Å². The molecule has 0 saturated heterocycles. The number of rotatable bonds is 5. The molecule has 0 amide bonds. The third-order valence-electron chi connectivity index (χ3n) is 2.11. The molecule has 116 valence electrons. The van der Waals surface area contributed by atoms with Crippen molar-refractivity contribution < 1.29 is 27.5 Å². The van der Waals surface area contributed by atoms with E-state index in [0.717, 1.165) is 6.92 Å². The molecular weight excluding hydrogens is 313 g/mol. The molecule has 6 nitrogen and oxygen atoms in total. The Bertz CT molecular complexity index is 600. The van der Waals surface area contributed by atoms with E-state index in [1.54, 1.807) is 0 Å². The van der Waals surface area contributed by atoms with Gasteiger partial charge in [-0.25, -0.2) is 4.98 Å². The molecule has 1 aromatic rings. The van der Waals surface area contributed by atoms with Crippen LogP contribution in [-0.4, -0.2) is 33.6 Å². The number of carbonyl (C=O) groups excluding carboxylic acids is 2. The molecule has 1 rings (SSSR count). The maximum Gasteiger partial charge on any atom is 0.433 e. The normalized spacial score (nSPS) is 12.8. The van der Waals surface area contributed by atoms with E-state index in [1.807, 2.05) is 4.98 Å². The molecule has 0 aliphatic carbocycles. The van der Waals surface area contributed by atoms with Crippen LogP contribution in [0.5, 0.6) is 0 Å². The van der Waals surface area contributed by atoms with E-state index < -0.39 is 39.6 Å². The maximum atomic E-state index is 12.5. The van der Waals surface area contributed by atoms with Gasteiger partial charge in [0.15, 0.2) is 21.9 Å². The average Bonchev–Trinajstić information content (AvgIpc) is 2.34. The Morgan fingerprint density at radius 3 is 2.57 bits per heavy atom. The number of nitrogens with one attached hydrogen (secondary N) is 1. The minimum absolute atomic E-state index is 0.00964. The fraction of sp³-hybridized carbons (Fsp3) is 0.455. The highest BCUT2D eigenvalue weighted by Crippen LogP contribution is 2.28. The van der Waals surface area contributed by atoms with Gasteiger partial charge in [-0.3, -0.25) is 14.4 Å². The van der Waals surface area contributed by atoms with Gasteiger partial charge >= 0.3 is 12.1 Å². The number of carbonyl (C=O) groups is 2. The van der Waals surface area contributed by atoms with Crippen LogP contribution in [0.3, 0.4) is 0 Å². The zero-order valence-electron chi connectivity index (χ0n) is 11.0. The van der Waals surface area contributed by atoms with Gasteiger partial charge in [0.1, 0.15) is 0 Å². The van der Waals surface area contributed by atoms with Crippen molar-refractivity contribution in [2.75, 3.05) is 6.61 Å². The molecule has 1 aromatic heterocycles. The monoisotopic (exact) mass is 324 g/mol. The molecule has 0 aliphatic heterocycles. The number of aromatic nitrogens is 2. The summed E-state index contributed by atoms with van der Waals surface area (Å²) in [5.41, 5.74) is -2.44. The largest absolute Gasteiger partial charge is 0.465 e. The molecule has 10 heteroatoms. The number of hydrogen-bond donors (Lipinski definition) is 1. The van der Waals surface area contributed by atoms with Crippen molar-refractivity contribution in [1.29, 1.82) is 0 Å². The van der Waals surface area contributed by atoms with Crippen LogP contribution in [0.15, 0.2) is 16.0 Å². The van der Waals surface area contributed by atoms with Crippen LogP contribution in [0.4, 0.5) is 13.2 Å². The van der Waals surface area contributed by atoms with E-state index in [2.05, 4.69) is 9.72 Å². The topological polar surface area (TPSA) is 89.1 Å². The fourth-order valence-electron chi connectivity index (χ4n) is 1.26. The summed E-state index contributed by atoms with van der Waals surface area (Å²) in [6, 6.07) is 0.289. The summed E-state index contributed by atoms with van der Waals surface area (Å²) >= 11 is 0.399. The molecule has 0 aromatic carbocycles. The molecule has 1 heterocycles. The first kappa shape index (κ1) is 17.2. The number of halogens is 3. The van der Waals surface area contributed by atoms with Crippen LogP contribution < -0.4 is 5.56 Å². The molecule has 0 spiro atoms. The average molecular weight is 324 g/mol. The lowest BCUT2D eigenvalue weighted by molar-refractivity contribution is -0.144. The standard InChI is InChI=1S/C11H11F3N2O4S/c1-3-20-9(19)8(5(2)17)21-10-15-6(11(12,13)14)4-7(18)16-10/h4,8H,3H2,1-2H3,(H,15,16,18)/t8-/m1/s1. The smallest absolute Gasteiger partial charge is 0.433 e. The zero-order chi connectivity index (χ0) is 16.2. The number of ketones is 1. The second-order valence-electron chi connectivity index (χ2n) is 3.79. The van der Waals surface area contributed by atoms with Gasteiger partial charge in [-0.1, -0.05) is 11.8 Å². The van der Waals surface area contributed by atoms with Crippen LogP contribution in [0.2, 0.25) is 0 Å². The van der Waals surface area contributed by atoms with E-state index >= 15 is 0 Å². The SMILES string of the molecule is CCOC(=O)[C@H](Sc1nc(C(F)(F)F)cc(=O)[nH]1)C(C)=O. The Hall–Kier alpha value is -1.84. The molecule has 0 fully saturated rings. The molecule has 0 unspecified atom stereocenters. The number of thioether (sulfide) groups is 1. The third-order valence-corrected chi connectivity index (χ3v) is 3.29. The number of alkyl halides is 3. The van der Waals surface area contributed by atoms with Crippen molar-refractivity contribution in [1.82, 2.24) is 9.97 Å². The number of hydrogen-bond acceptors (Lipinski definition) is 6. The summed E-state index contributed by atoms with van der Waals surface area (Å²) in [6.45, 7) is 2.61. The van der Waals surface area contributed by atoms with Gasteiger partial charge in [0, 0.05) is 6.07 Å². The lowest BCUT2D eigenvalue weighted by Crippen LogP contribution is -2.28. The predicted molar refractivity (Wildman–Crippen MR) is 66.8 cm³/mol. The van der Waals surface area contributed by atoms with Crippen molar-refractivity contribution in [3.8, 4) is 0 Å². The molecule has 1 atom stereocenters. The Labute approximate surface area is 121 Å². The quantitative estimate of drug-likeness (QED) is 0.381. The second-order valence-corrected chi connectivity index (χ2v) is 4.89. The molecule has 0 bridgehead atoms. The van der Waals surface area contributed by atoms with Crippen molar-refractivity contribution in [2.24, 2.45) is 0 Å². The highest BCUT2D eigenvalue weighted by Gasteiger charge is 2.34. The molecule has 0 aliphatic rings. The number of H-pyrrole nitrogens is 1. The summed E-state index contributed by atoms with van der Waals surface area (Å²) in [7, 11) is 0. The first-order valence-corrected chi connectivity index (χ1v) is 6.55. The van der Waals surface area contributed by atoms with Gasteiger partial charge in [0.2, 0.25) is 0 Å². The van der Waals surface area contributed by atoms with Crippen molar-refractivity contribution in [2.45, 2.75) is 30.4 Å². The number of Topliss-reactive ketones (excluding diaryl/α,β-unsaturated/α-hetero) is 1. The lowest BCUT2D eigenvalue weighted by atomic mass is 10.3. The summed E-state index contributed by atoms with van der Waals surface area (Å²) in [5.74, 6) is -1.53. The maximum absolute atomic E-state index is 12.5. The van der Waals surface area contributed by atoms with Crippen LogP contribution in [0.1, 0.15) is 19.5 Å². The Balaban J connectivity index is 3.10. The zero-order valence-corrected chi connectivity index (χ0v) is 11.8. The summed E-state index contributed by atoms with van der Waals surface area (Å²) in [6.07, 6.45) is -4.81. The fourth-order valence-corrected chi connectivity index (χ4v) is 2.13. The number of nitrogens with zero attached hydrogens (tertiary/aromatic N) is 1. The molecule has 21 heavy (non-hydrogen) atoms.